The van der Waals surface area contributed by atoms with Crippen LogP contribution >= 0.6 is 11.3 Å². The normalized spacial score (nSPS) is 12.7. The van der Waals surface area contributed by atoms with Crippen LogP contribution in [-0.4, -0.2) is 10.1 Å². The third-order valence-corrected chi connectivity index (χ3v) is 3.05. The highest BCUT2D eigenvalue weighted by molar-refractivity contribution is 7.09. The molecule has 1 aromatic heterocycles. The number of benzene rings is 1. The van der Waals surface area contributed by atoms with E-state index in [0.29, 0.717) is 10.6 Å². The van der Waals surface area contributed by atoms with Gasteiger partial charge in [0, 0.05) is 11.1 Å². The zero-order valence-electron chi connectivity index (χ0n) is 8.14. The first-order valence-corrected chi connectivity index (χ1v) is 5.40. The maximum Gasteiger partial charge on any atom is 0.131 e. The first-order chi connectivity index (χ1) is 7.16. The Morgan fingerprint density at radius 2 is 2.27 bits per heavy atom. The molecular formula is C11H10FNOS. The Morgan fingerprint density at radius 1 is 1.47 bits per heavy atom. The van der Waals surface area contributed by atoms with Crippen LogP contribution in [-0.2, 0) is 0 Å². The standard InChI is InChI=1S/C11H10FNOS/c1-7-6-15-11(13-7)10(14)8-3-2-4-9(12)5-8/h2-6,10,14H,1H3. The summed E-state index contributed by atoms with van der Waals surface area (Å²) in [5.74, 6) is -0.347. The Hall–Kier alpha value is -1.26. The largest absolute Gasteiger partial charge is 0.381 e. The third kappa shape index (κ3) is 2.22. The van der Waals surface area contributed by atoms with Gasteiger partial charge in [-0.2, -0.15) is 0 Å². The molecule has 4 heteroatoms. The molecule has 15 heavy (non-hydrogen) atoms. The second-order valence-electron chi connectivity index (χ2n) is 3.28. The van der Waals surface area contributed by atoms with Crippen LogP contribution in [0, 0.1) is 12.7 Å². The molecular weight excluding hydrogens is 213 g/mol. The molecule has 1 unspecified atom stereocenters. The van der Waals surface area contributed by atoms with Gasteiger partial charge in [0.25, 0.3) is 0 Å². The highest BCUT2D eigenvalue weighted by Gasteiger charge is 2.14. The monoisotopic (exact) mass is 223 g/mol. The van der Waals surface area contributed by atoms with Crippen molar-refractivity contribution < 1.29 is 9.50 Å². The van der Waals surface area contributed by atoms with Crippen molar-refractivity contribution in [3.8, 4) is 0 Å². The molecule has 2 rings (SSSR count). The Labute approximate surface area is 91.0 Å². The molecule has 0 fully saturated rings. The number of nitrogens with zero attached hydrogens (tertiary/aromatic N) is 1. The zero-order valence-corrected chi connectivity index (χ0v) is 8.96. The topological polar surface area (TPSA) is 33.1 Å². The molecule has 0 aliphatic carbocycles. The minimum Gasteiger partial charge on any atom is -0.381 e. The predicted octanol–water partition coefficient (Wildman–Crippen LogP) is 2.67. The minimum atomic E-state index is -0.834. The van der Waals surface area contributed by atoms with E-state index in [1.807, 2.05) is 12.3 Å². The van der Waals surface area contributed by atoms with Crippen molar-refractivity contribution >= 4 is 11.3 Å². The summed E-state index contributed by atoms with van der Waals surface area (Å²) in [6, 6.07) is 5.93. The second kappa shape index (κ2) is 4.08. The average Bonchev–Trinajstić information content (AvgIpc) is 2.64. The number of halogens is 1. The summed E-state index contributed by atoms with van der Waals surface area (Å²) in [5, 5.41) is 12.4. The van der Waals surface area contributed by atoms with E-state index in [2.05, 4.69) is 4.98 Å². The molecule has 0 saturated heterocycles. The lowest BCUT2D eigenvalue weighted by Crippen LogP contribution is -1.99. The predicted molar refractivity (Wildman–Crippen MR) is 57.3 cm³/mol. The first kappa shape index (κ1) is 10.3. The number of aliphatic hydroxyl groups excluding tert-OH is 1. The van der Waals surface area contributed by atoms with Crippen LogP contribution in [0.3, 0.4) is 0 Å². The van der Waals surface area contributed by atoms with E-state index in [1.165, 1.54) is 23.5 Å². The summed E-state index contributed by atoms with van der Waals surface area (Å²) in [4.78, 5) is 4.16. The van der Waals surface area contributed by atoms with Gasteiger partial charge in [0.2, 0.25) is 0 Å². The summed E-state index contributed by atoms with van der Waals surface area (Å²) in [7, 11) is 0. The fraction of sp³-hybridized carbons (Fsp3) is 0.182. The molecule has 1 atom stereocenters. The van der Waals surface area contributed by atoms with Crippen LogP contribution in [0.2, 0.25) is 0 Å². The summed E-state index contributed by atoms with van der Waals surface area (Å²) in [6.45, 7) is 1.86. The molecule has 1 N–H and O–H groups in total. The van der Waals surface area contributed by atoms with E-state index in [4.69, 9.17) is 0 Å². The first-order valence-electron chi connectivity index (χ1n) is 4.52. The summed E-state index contributed by atoms with van der Waals surface area (Å²) >= 11 is 1.37. The van der Waals surface area contributed by atoms with E-state index in [0.717, 1.165) is 5.69 Å². The Morgan fingerprint density at radius 3 is 2.87 bits per heavy atom. The van der Waals surface area contributed by atoms with Crippen molar-refractivity contribution in [2.75, 3.05) is 0 Å². The molecule has 0 amide bonds. The highest BCUT2D eigenvalue weighted by Crippen LogP contribution is 2.24. The molecule has 1 heterocycles. The van der Waals surface area contributed by atoms with Gasteiger partial charge in [-0.15, -0.1) is 11.3 Å². The van der Waals surface area contributed by atoms with Crippen molar-refractivity contribution in [2.45, 2.75) is 13.0 Å². The lowest BCUT2D eigenvalue weighted by Gasteiger charge is -2.07. The number of aromatic nitrogens is 1. The van der Waals surface area contributed by atoms with Crippen molar-refractivity contribution in [2.24, 2.45) is 0 Å². The molecule has 0 radical (unpaired) electrons. The van der Waals surface area contributed by atoms with Gasteiger partial charge in [-0.3, -0.25) is 0 Å². The minimum absolute atomic E-state index is 0.347. The molecule has 0 saturated carbocycles. The number of aliphatic hydroxyl groups is 1. The fourth-order valence-electron chi connectivity index (χ4n) is 1.32. The molecule has 78 valence electrons. The summed E-state index contributed by atoms with van der Waals surface area (Å²) < 4.78 is 12.9. The quantitative estimate of drug-likeness (QED) is 0.849. The molecule has 0 spiro atoms. The maximum absolute atomic E-state index is 12.9. The van der Waals surface area contributed by atoms with Crippen molar-refractivity contribution in [3.05, 3.63) is 51.7 Å². The average molecular weight is 223 g/mol. The summed E-state index contributed by atoms with van der Waals surface area (Å²) in [5.41, 5.74) is 1.40. The zero-order chi connectivity index (χ0) is 10.8. The molecule has 2 aromatic rings. The van der Waals surface area contributed by atoms with Crippen LogP contribution in [0.15, 0.2) is 29.6 Å². The van der Waals surface area contributed by atoms with Crippen LogP contribution in [0.5, 0.6) is 0 Å². The van der Waals surface area contributed by atoms with E-state index >= 15 is 0 Å². The van der Waals surface area contributed by atoms with Crippen molar-refractivity contribution in [1.82, 2.24) is 4.98 Å². The van der Waals surface area contributed by atoms with Gasteiger partial charge in [0.05, 0.1) is 0 Å². The number of hydrogen-bond donors (Lipinski definition) is 1. The lowest BCUT2D eigenvalue weighted by atomic mass is 10.1. The fourth-order valence-corrected chi connectivity index (χ4v) is 2.12. The Kier molecular flexibility index (Phi) is 2.79. The summed E-state index contributed by atoms with van der Waals surface area (Å²) in [6.07, 6.45) is -0.834. The van der Waals surface area contributed by atoms with E-state index < -0.39 is 6.10 Å². The molecule has 0 bridgehead atoms. The SMILES string of the molecule is Cc1csc(C(O)c2cccc(F)c2)n1. The van der Waals surface area contributed by atoms with Gasteiger partial charge in [0.15, 0.2) is 0 Å². The Bertz CT molecular complexity index is 469. The van der Waals surface area contributed by atoms with Gasteiger partial charge in [-0.1, -0.05) is 12.1 Å². The lowest BCUT2D eigenvalue weighted by molar-refractivity contribution is 0.219. The van der Waals surface area contributed by atoms with Crippen molar-refractivity contribution in [1.29, 1.82) is 0 Å². The van der Waals surface area contributed by atoms with Gasteiger partial charge in [0.1, 0.15) is 16.9 Å². The smallest absolute Gasteiger partial charge is 0.131 e. The molecule has 1 aromatic carbocycles. The van der Waals surface area contributed by atoms with Crippen molar-refractivity contribution in [3.63, 3.8) is 0 Å². The number of rotatable bonds is 2. The van der Waals surface area contributed by atoms with E-state index in [-0.39, 0.29) is 5.82 Å². The van der Waals surface area contributed by atoms with Crippen LogP contribution < -0.4 is 0 Å². The number of hydrogen-bond acceptors (Lipinski definition) is 3. The van der Waals surface area contributed by atoms with E-state index in [9.17, 15) is 9.50 Å². The molecule has 2 nitrogen and oxygen atoms in total. The number of thiazole rings is 1. The molecule has 0 aliphatic rings. The van der Waals surface area contributed by atoms with E-state index in [1.54, 1.807) is 12.1 Å². The number of aryl methyl sites for hydroxylation is 1. The second-order valence-corrected chi connectivity index (χ2v) is 4.17. The van der Waals surface area contributed by atoms with Gasteiger partial charge >= 0.3 is 0 Å². The van der Waals surface area contributed by atoms with Gasteiger partial charge < -0.3 is 5.11 Å². The maximum atomic E-state index is 12.9. The van der Waals surface area contributed by atoms with Gasteiger partial charge in [-0.05, 0) is 24.6 Å². The highest BCUT2D eigenvalue weighted by atomic mass is 32.1. The van der Waals surface area contributed by atoms with Crippen LogP contribution in [0.4, 0.5) is 4.39 Å². The van der Waals surface area contributed by atoms with Gasteiger partial charge in [-0.25, -0.2) is 9.37 Å². The Balaban J connectivity index is 2.32. The third-order valence-electron chi connectivity index (χ3n) is 2.04. The van der Waals surface area contributed by atoms with Crippen LogP contribution in [0.1, 0.15) is 22.4 Å². The van der Waals surface area contributed by atoms with Crippen LogP contribution in [0.25, 0.3) is 0 Å². The molecule has 0 aliphatic heterocycles.